The molecule has 5 aromatic carbocycles. The molecule has 0 radical (unpaired) electrons. The number of piperidine rings is 6. The summed E-state index contributed by atoms with van der Waals surface area (Å²) in [6, 6.07) is 39.0. The van der Waals surface area contributed by atoms with Crippen LogP contribution in [0, 0.1) is 23.7 Å². The summed E-state index contributed by atoms with van der Waals surface area (Å²) in [5, 5.41) is 32.6. The van der Waals surface area contributed by atoms with Gasteiger partial charge in [-0.15, -0.1) is 13.2 Å². The maximum atomic E-state index is 12.6. The lowest BCUT2D eigenvalue weighted by atomic mass is 9.70. The second kappa shape index (κ2) is 14.7. The standard InChI is InChI=1S/C54H56N4O2/c1-3-35-31-57(27-23-37(35)29-51(57)53(59)45-21-25-55-49-19-11-9-17-43(45)49)33-47-39-13-5-7-15-41(39)48(42-16-8-6-14-40(42)47)34-58-28-24-38(36(4-2)32-58)30-52(58)54(60)46-22-26-56-50-20-12-10-18-44(46)50/h3-22,25-26,35-38,51-54,59-60H,1-2,23-24,27-34H2/q+2. The largest absolute Gasteiger partial charge is 0.382 e. The normalized spacial score (nSPS) is 29.6. The molecule has 6 nitrogen and oxygen atoms in total. The van der Waals surface area contributed by atoms with E-state index in [9.17, 15) is 10.2 Å². The average molecular weight is 793 g/mol. The van der Waals surface area contributed by atoms with Gasteiger partial charge in [0.1, 0.15) is 37.4 Å². The smallest absolute Gasteiger partial charge is 0.131 e. The molecule has 0 saturated carbocycles. The molecule has 6 aliphatic heterocycles. The van der Waals surface area contributed by atoms with Crippen molar-refractivity contribution in [1.29, 1.82) is 0 Å². The van der Waals surface area contributed by atoms with Gasteiger partial charge in [-0.25, -0.2) is 0 Å². The summed E-state index contributed by atoms with van der Waals surface area (Å²) in [6.07, 6.45) is 11.2. The van der Waals surface area contributed by atoms with Gasteiger partial charge in [-0.05, 0) is 68.8 Å². The molecule has 2 aromatic heterocycles. The highest BCUT2D eigenvalue weighted by molar-refractivity contribution is 6.05. The van der Waals surface area contributed by atoms with E-state index in [1.807, 2.05) is 36.7 Å². The third-order valence-electron chi connectivity index (χ3n) is 16.2. The van der Waals surface area contributed by atoms with Crippen molar-refractivity contribution in [1.82, 2.24) is 9.97 Å². The van der Waals surface area contributed by atoms with Gasteiger partial charge in [0.25, 0.3) is 0 Å². The van der Waals surface area contributed by atoms with Crippen LogP contribution in [0.2, 0.25) is 0 Å². The van der Waals surface area contributed by atoms with Crippen molar-refractivity contribution in [2.45, 2.75) is 63.1 Å². The molecule has 0 spiro atoms. The van der Waals surface area contributed by atoms with E-state index in [0.29, 0.717) is 23.7 Å². The fourth-order valence-corrected chi connectivity index (χ4v) is 13.2. The zero-order chi connectivity index (χ0) is 40.6. The van der Waals surface area contributed by atoms with Crippen LogP contribution in [0.3, 0.4) is 0 Å². The highest BCUT2D eigenvalue weighted by Crippen LogP contribution is 2.52. The Labute approximate surface area is 353 Å². The van der Waals surface area contributed by atoms with E-state index >= 15 is 0 Å². The molecular weight excluding hydrogens is 737 g/mol. The molecule has 8 heterocycles. The quantitative estimate of drug-likeness (QED) is 0.0823. The van der Waals surface area contributed by atoms with Gasteiger partial charge in [-0.1, -0.05) is 97.1 Å². The van der Waals surface area contributed by atoms with Crippen LogP contribution in [0.1, 0.15) is 60.1 Å². The highest BCUT2D eigenvalue weighted by Gasteiger charge is 2.56. The van der Waals surface area contributed by atoms with Gasteiger partial charge in [0, 0.05) is 71.8 Å². The van der Waals surface area contributed by atoms with Crippen LogP contribution in [0.5, 0.6) is 0 Å². The Bertz CT molecular complexity index is 2540. The first kappa shape index (κ1) is 37.7. The third-order valence-corrected chi connectivity index (χ3v) is 16.2. The van der Waals surface area contributed by atoms with Crippen LogP contribution in [-0.4, -0.2) is 67.4 Å². The van der Waals surface area contributed by atoms with Crippen molar-refractivity contribution in [3.05, 3.63) is 169 Å². The molecular formula is C54H56N4O2+2. The molecule has 7 aromatic rings. The van der Waals surface area contributed by atoms with Crippen LogP contribution in [-0.2, 0) is 13.1 Å². The van der Waals surface area contributed by atoms with E-state index in [4.69, 9.17) is 0 Å². The van der Waals surface area contributed by atoms with Gasteiger partial charge in [0.15, 0.2) is 0 Å². The Morgan fingerprint density at radius 2 is 0.900 bits per heavy atom. The molecule has 6 saturated heterocycles. The van der Waals surface area contributed by atoms with Crippen LogP contribution >= 0.6 is 0 Å². The minimum atomic E-state index is -0.611. The van der Waals surface area contributed by atoms with Gasteiger partial charge >= 0.3 is 0 Å². The van der Waals surface area contributed by atoms with Crippen LogP contribution in [0.4, 0.5) is 0 Å². The monoisotopic (exact) mass is 792 g/mol. The van der Waals surface area contributed by atoms with Crippen molar-refractivity contribution in [2.24, 2.45) is 23.7 Å². The fraction of sp³-hybridized carbons (Fsp3) is 0.333. The Kier molecular flexibility index (Phi) is 9.27. The average Bonchev–Trinajstić information content (AvgIpc) is 3.31. The number of pyridine rings is 2. The molecule has 0 amide bonds. The Hall–Kier alpha value is -5.24. The molecule has 4 bridgehead atoms. The number of hydrogen-bond acceptors (Lipinski definition) is 4. The number of fused-ring (bicyclic) bond motifs is 10. The minimum absolute atomic E-state index is 0.0540. The number of hydrogen-bond donors (Lipinski definition) is 2. The molecule has 10 atom stereocenters. The second-order valence-corrected chi connectivity index (χ2v) is 18.8. The summed E-state index contributed by atoms with van der Waals surface area (Å²) < 4.78 is 1.68. The maximum Gasteiger partial charge on any atom is 0.131 e. The lowest BCUT2D eigenvalue weighted by molar-refractivity contribution is -0.984. The highest BCUT2D eigenvalue weighted by atomic mass is 16.3. The number of nitrogens with zero attached hydrogens (tertiary/aromatic N) is 4. The Balaban J connectivity index is 1.04. The molecule has 6 fully saturated rings. The molecule has 6 aliphatic rings. The summed E-state index contributed by atoms with van der Waals surface area (Å²) in [4.78, 5) is 9.32. The van der Waals surface area contributed by atoms with Gasteiger partial charge < -0.3 is 19.2 Å². The van der Waals surface area contributed by atoms with Crippen molar-refractivity contribution < 1.29 is 19.2 Å². The van der Waals surface area contributed by atoms with Gasteiger partial charge in [0.2, 0.25) is 0 Å². The van der Waals surface area contributed by atoms with Crippen LogP contribution in [0.15, 0.2) is 147 Å². The van der Waals surface area contributed by atoms with E-state index in [1.54, 1.807) is 0 Å². The van der Waals surface area contributed by atoms with Crippen molar-refractivity contribution in [2.75, 3.05) is 26.2 Å². The summed E-state index contributed by atoms with van der Waals surface area (Å²) in [5.41, 5.74) is 6.60. The number of rotatable bonds is 10. The number of para-hydroxylation sites is 2. The van der Waals surface area contributed by atoms with E-state index in [0.717, 1.165) is 107 Å². The molecule has 2 N–H and O–H groups in total. The Morgan fingerprint density at radius 1 is 0.533 bits per heavy atom. The van der Waals surface area contributed by atoms with E-state index < -0.39 is 12.2 Å². The first-order chi connectivity index (χ1) is 29.4. The summed E-state index contributed by atoms with van der Waals surface area (Å²) >= 11 is 0. The number of aliphatic hydroxyl groups is 2. The Morgan fingerprint density at radius 3 is 1.28 bits per heavy atom. The zero-order valence-corrected chi connectivity index (χ0v) is 34.5. The van der Waals surface area contributed by atoms with E-state index in [-0.39, 0.29) is 12.1 Å². The van der Waals surface area contributed by atoms with Crippen LogP contribution < -0.4 is 0 Å². The third kappa shape index (κ3) is 5.90. The predicted molar refractivity (Wildman–Crippen MR) is 243 cm³/mol. The van der Waals surface area contributed by atoms with Crippen molar-refractivity contribution >= 4 is 43.4 Å². The molecule has 10 unspecified atom stereocenters. The number of benzene rings is 5. The molecule has 6 heteroatoms. The lowest BCUT2D eigenvalue weighted by Crippen LogP contribution is -2.67. The predicted octanol–water partition coefficient (Wildman–Crippen LogP) is 10.4. The SMILES string of the molecule is C=CC1C[N+]2(Cc3c4ccccc4c(C[N+]45CCC(CC4C(O)c4ccnc6ccccc46)C(C=C)C5)c4ccccc34)CCC1CC2C(O)c1ccnc2ccccc12. The van der Waals surface area contributed by atoms with Gasteiger partial charge in [-0.2, -0.15) is 0 Å². The number of quaternary nitrogens is 2. The summed E-state index contributed by atoms with van der Waals surface area (Å²) in [6.45, 7) is 14.4. The fourth-order valence-electron chi connectivity index (χ4n) is 13.2. The topological polar surface area (TPSA) is 66.2 Å². The van der Waals surface area contributed by atoms with Crippen molar-refractivity contribution in [3.63, 3.8) is 0 Å². The molecule has 0 aliphatic carbocycles. The summed E-state index contributed by atoms with van der Waals surface area (Å²) in [7, 11) is 0. The molecule has 13 rings (SSSR count). The lowest BCUT2D eigenvalue weighted by Gasteiger charge is -2.58. The number of aromatic nitrogens is 2. The van der Waals surface area contributed by atoms with E-state index in [2.05, 4.69) is 120 Å². The van der Waals surface area contributed by atoms with Gasteiger partial charge in [-0.3, -0.25) is 9.97 Å². The first-order valence-corrected chi connectivity index (χ1v) is 22.3. The zero-order valence-electron chi connectivity index (χ0n) is 34.5. The maximum absolute atomic E-state index is 12.6. The molecule has 60 heavy (non-hydrogen) atoms. The summed E-state index contributed by atoms with van der Waals surface area (Å²) in [5.74, 6) is 1.90. The van der Waals surface area contributed by atoms with Crippen LogP contribution in [0.25, 0.3) is 43.4 Å². The second-order valence-electron chi connectivity index (χ2n) is 18.8. The van der Waals surface area contributed by atoms with Gasteiger partial charge in [0.05, 0.1) is 37.2 Å². The first-order valence-electron chi connectivity index (χ1n) is 22.3. The van der Waals surface area contributed by atoms with E-state index in [1.165, 1.54) is 32.7 Å². The minimum Gasteiger partial charge on any atom is -0.382 e. The molecule has 302 valence electrons. The van der Waals surface area contributed by atoms with Crippen molar-refractivity contribution in [3.8, 4) is 0 Å². The number of aliphatic hydroxyl groups excluding tert-OH is 2.